The van der Waals surface area contributed by atoms with Crippen molar-refractivity contribution in [2.45, 2.75) is 6.54 Å². The van der Waals surface area contributed by atoms with Crippen molar-refractivity contribution < 1.29 is 9.21 Å². The average Bonchev–Trinajstić information content (AvgIpc) is 3.25. The molecule has 5 heteroatoms. The number of benzene rings is 2. The van der Waals surface area contributed by atoms with E-state index in [1.807, 2.05) is 48.5 Å². The monoisotopic (exact) mass is 317 g/mol. The predicted octanol–water partition coefficient (Wildman–Crippen LogP) is 3.91. The third kappa shape index (κ3) is 2.46. The second-order valence-corrected chi connectivity index (χ2v) is 5.42. The zero-order chi connectivity index (χ0) is 16.4. The molecule has 2 heterocycles. The van der Waals surface area contributed by atoms with E-state index in [9.17, 15) is 4.79 Å². The van der Waals surface area contributed by atoms with Crippen LogP contribution in [-0.2, 0) is 11.3 Å². The van der Waals surface area contributed by atoms with Gasteiger partial charge in [0, 0.05) is 6.54 Å². The summed E-state index contributed by atoms with van der Waals surface area (Å²) in [7, 11) is 0. The SMILES string of the molecule is O=CNc1cccc2c1nc(-c1ccco1)n2Cc1ccccc1. The molecule has 0 saturated heterocycles. The number of fused-ring (bicyclic) bond motifs is 1. The molecule has 0 radical (unpaired) electrons. The molecule has 24 heavy (non-hydrogen) atoms. The third-order valence-corrected chi connectivity index (χ3v) is 3.92. The first-order chi connectivity index (χ1) is 11.9. The van der Waals surface area contributed by atoms with Crippen LogP contribution in [0.4, 0.5) is 5.69 Å². The number of nitrogens with zero attached hydrogens (tertiary/aromatic N) is 2. The fourth-order valence-corrected chi connectivity index (χ4v) is 2.85. The Morgan fingerprint density at radius 1 is 1.04 bits per heavy atom. The maximum atomic E-state index is 10.9. The molecule has 4 rings (SSSR count). The number of furan rings is 1. The number of para-hydroxylation sites is 1. The van der Waals surface area contributed by atoms with Crippen LogP contribution in [0, 0.1) is 0 Å². The molecular formula is C19H15N3O2. The first-order valence-electron chi connectivity index (χ1n) is 7.64. The van der Waals surface area contributed by atoms with E-state index in [4.69, 9.17) is 9.40 Å². The number of nitrogens with one attached hydrogen (secondary N) is 1. The van der Waals surface area contributed by atoms with Gasteiger partial charge in [-0.05, 0) is 29.8 Å². The number of hydrogen-bond donors (Lipinski definition) is 1. The summed E-state index contributed by atoms with van der Waals surface area (Å²) in [6.45, 7) is 0.665. The zero-order valence-electron chi connectivity index (χ0n) is 12.8. The summed E-state index contributed by atoms with van der Waals surface area (Å²) < 4.78 is 7.65. The number of rotatable bonds is 5. The number of carbonyl (C=O) groups excluding carboxylic acids is 1. The Morgan fingerprint density at radius 2 is 1.92 bits per heavy atom. The van der Waals surface area contributed by atoms with Gasteiger partial charge in [0.05, 0.1) is 17.5 Å². The Morgan fingerprint density at radius 3 is 2.67 bits per heavy atom. The molecule has 1 amide bonds. The molecule has 0 bridgehead atoms. The Kier molecular flexibility index (Phi) is 3.59. The lowest BCUT2D eigenvalue weighted by Crippen LogP contribution is -2.01. The Bertz CT molecular complexity index is 973. The molecule has 0 unspecified atom stereocenters. The summed E-state index contributed by atoms with van der Waals surface area (Å²) in [6.07, 6.45) is 2.30. The van der Waals surface area contributed by atoms with Gasteiger partial charge in [-0.25, -0.2) is 4.98 Å². The van der Waals surface area contributed by atoms with Crippen molar-refractivity contribution in [1.82, 2.24) is 9.55 Å². The van der Waals surface area contributed by atoms with Crippen LogP contribution in [0.1, 0.15) is 5.56 Å². The van der Waals surface area contributed by atoms with E-state index in [0.29, 0.717) is 24.4 Å². The molecule has 4 aromatic rings. The van der Waals surface area contributed by atoms with Gasteiger partial charge in [-0.15, -0.1) is 0 Å². The molecule has 0 aliphatic carbocycles. The van der Waals surface area contributed by atoms with Gasteiger partial charge >= 0.3 is 0 Å². The summed E-state index contributed by atoms with van der Waals surface area (Å²) in [4.78, 5) is 15.6. The van der Waals surface area contributed by atoms with E-state index in [2.05, 4.69) is 22.0 Å². The highest BCUT2D eigenvalue weighted by molar-refractivity contribution is 5.94. The second-order valence-electron chi connectivity index (χ2n) is 5.42. The molecule has 5 nitrogen and oxygen atoms in total. The molecular weight excluding hydrogens is 302 g/mol. The summed E-state index contributed by atoms with van der Waals surface area (Å²) in [5.41, 5.74) is 3.53. The number of hydrogen-bond acceptors (Lipinski definition) is 3. The van der Waals surface area contributed by atoms with Crippen molar-refractivity contribution >= 4 is 23.1 Å². The molecule has 2 aromatic heterocycles. The minimum atomic E-state index is 0.664. The lowest BCUT2D eigenvalue weighted by molar-refractivity contribution is -0.105. The highest BCUT2D eigenvalue weighted by atomic mass is 16.3. The number of aromatic nitrogens is 2. The fourth-order valence-electron chi connectivity index (χ4n) is 2.85. The molecule has 0 fully saturated rings. The van der Waals surface area contributed by atoms with E-state index in [1.165, 1.54) is 5.56 Å². The van der Waals surface area contributed by atoms with Crippen molar-refractivity contribution in [3.63, 3.8) is 0 Å². The smallest absolute Gasteiger partial charge is 0.211 e. The van der Waals surface area contributed by atoms with Crippen LogP contribution < -0.4 is 5.32 Å². The molecule has 2 aromatic carbocycles. The first-order valence-corrected chi connectivity index (χ1v) is 7.64. The minimum absolute atomic E-state index is 0.664. The standard InChI is InChI=1S/C19H15N3O2/c23-13-20-15-8-4-9-16-18(15)21-19(17-10-5-11-24-17)22(16)12-14-6-2-1-3-7-14/h1-11,13H,12H2,(H,20,23). The van der Waals surface area contributed by atoms with Crippen LogP contribution in [-0.4, -0.2) is 16.0 Å². The Balaban J connectivity index is 1.93. The van der Waals surface area contributed by atoms with Crippen molar-refractivity contribution in [3.8, 4) is 11.6 Å². The Labute approximate surface area is 138 Å². The van der Waals surface area contributed by atoms with Crippen LogP contribution >= 0.6 is 0 Å². The summed E-state index contributed by atoms with van der Waals surface area (Å²) >= 11 is 0. The van der Waals surface area contributed by atoms with Gasteiger partial charge in [0.1, 0.15) is 5.52 Å². The van der Waals surface area contributed by atoms with Gasteiger partial charge in [0.15, 0.2) is 11.6 Å². The quantitative estimate of drug-likeness (QED) is 0.568. The number of anilines is 1. The van der Waals surface area contributed by atoms with Crippen LogP contribution in [0.25, 0.3) is 22.6 Å². The topological polar surface area (TPSA) is 60.1 Å². The average molecular weight is 317 g/mol. The molecule has 0 saturated carbocycles. The summed E-state index contributed by atoms with van der Waals surface area (Å²) in [5.74, 6) is 1.43. The van der Waals surface area contributed by atoms with Gasteiger partial charge in [0.25, 0.3) is 0 Å². The number of carbonyl (C=O) groups is 1. The fraction of sp³-hybridized carbons (Fsp3) is 0.0526. The van der Waals surface area contributed by atoms with Crippen LogP contribution in [0.3, 0.4) is 0 Å². The van der Waals surface area contributed by atoms with Gasteiger partial charge < -0.3 is 14.3 Å². The summed E-state index contributed by atoms with van der Waals surface area (Å²) in [6, 6.07) is 19.6. The maximum absolute atomic E-state index is 10.9. The van der Waals surface area contributed by atoms with Crippen molar-refractivity contribution in [2.75, 3.05) is 5.32 Å². The molecule has 0 aliphatic rings. The van der Waals surface area contributed by atoms with Crippen molar-refractivity contribution in [1.29, 1.82) is 0 Å². The molecule has 0 spiro atoms. The first kappa shape index (κ1) is 14.3. The van der Waals surface area contributed by atoms with Crippen molar-refractivity contribution in [3.05, 3.63) is 72.5 Å². The maximum Gasteiger partial charge on any atom is 0.211 e. The van der Waals surface area contributed by atoms with Crippen LogP contribution in [0.2, 0.25) is 0 Å². The Hall–Kier alpha value is -3.34. The van der Waals surface area contributed by atoms with E-state index < -0.39 is 0 Å². The molecule has 118 valence electrons. The lowest BCUT2D eigenvalue weighted by Gasteiger charge is -2.08. The minimum Gasteiger partial charge on any atom is -0.461 e. The van der Waals surface area contributed by atoms with Gasteiger partial charge in [-0.2, -0.15) is 0 Å². The molecule has 0 aliphatic heterocycles. The third-order valence-electron chi connectivity index (χ3n) is 3.92. The number of amides is 1. The molecule has 0 atom stereocenters. The summed E-state index contributed by atoms with van der Waals surface area (Å²) in [5, 5.41) is 2.71. The molecule has 1 N–H and O–H groups in total. The lowest BCUT2D eigenvalue weighted by atomic mass is 10.2. The number of imidazole rings is 1. The normalized spacial score (nSPS) is 10.8. The second kappa shape index (κ2) is 6.04. The largest absolute Gasteiger partial charge is 0.461 e. The highest BCUT2D eigenvalue weighted by Crippen LogP contribution is 2.30. The van der Waals surface area contributed by atoms with E-state index in [0.717, 1.165) is 16.9 Å². The van der Waals surface area contributed by atoms with Gasteiger partial charge in [-0.1, -0.05) is 36.4 Å². The highest BCUT2D eigenvalue weighted by Gasteiger charge is 2.17. The van der Waals surface area contributed by atoms with Crippen LogP contribution in [0.15, 0.2) is 71.3 Å². The predicted molar refractivity (Wildman–Crippen MR) is 92.7 cm³/mol. The van der Waals surface area contributed by atoms with Gasteiger partial charge in [0.2, 0.25) is 6.41 Å². The van der Waals surface area contributed by atoms with E-state index in [-0.39, 0.29) is 0 Å². The zero-order valence-corrected chi connectivity index (χ0v) is 12.8. The van der Waals surface area contributed by atoms with E-state index in [1.54, 1.807) is 6.26 Å². The van der Waals surface area contributed by atoms with Crippen molar-refractivity contribution in [2.24, 2.45) is 0 Å². The van der Waals surface area contributed by atoms with Crippen LogP contribution in [0.5, 0.6) is 0 Å². The van der Waals surface area contributed by atoms with Gasteiger partial charge in [-0.3, -0.25) is 4.79 Å². The van der Waals surface area contributed by atoms with E-state index >= 15 is 0 Å².